The molecule has 0 aliphatic rings. The summed E-state index contributed by atoms with van der Waals surface area (Å²) in [5.41, 5.74) is 1.78. The Bertz CT molecular complexity index is 1080. The molecule has 4 aromatic rings. The smallest absolute Gasteiger partial charge is 0.267 e. The van der Waals surface area contributed by atoms with Crippen LogP contribution in [-0.4, -0.2) is 29.6 Å². The van der Waals surface area contributed by atoms with Gasteiger partial charge in [-0.1, -0.05) is 35.6 Å². The first-order valence-corrected chi connectivity index (χ1v) is 9.86. The fourth-order valence-corrected chi connectivity index (χ4v) is 3.81. The molecule has 146 valence electrons. The lowest BCUT2D eigenvalue weighted by Gasteiger charge is -2.20. The van der Waals surface area contributed by atoms with Crippen molar-refractivity contribution in [2.75, 3.05) is 18.6 Å². The van der Waals surface area contributed by atoms with Crippen LogP contribution in [0.5, 0.6) is 11.5 Å². The van der Waals surface area contributed by atoms with Gasteiger partial charge in [0.25, 0.3) is 5.91 Å². The van der Waals surface area contributed by atoms with Crippen LogP contribution in [0.1, 0.15) is 5.56 Å². The molecule has 2 heterocycles. The molecule has 0 unspecified atom stereocenters. The van der Waals surface area contributed by atoms with Gasteiger partial charge >= 0.3 is 0 Å². The first-order chi connectivity index (χ1) is 14.2. The van der Waals surface area contributed by atoms with E-state index in [-0.39, 0.29) is 12.5 Å². The second-order valence-corrected chi connectivity index (χ2v) is 7.28. The molecule has 2 aromatic carbocycles. The van der Waals surface area contributed by atoms with Crippen molar-refractivity contribution in [3.8, 4) is 11.5 Å². The zero-order valence-electron chi connectivity index (χ0n) is 15.8. The van der Waals surface area contributed by atoms with E-state index in [0.717, 1.165) is 15.8 Å². The molecule has 0 saturated heterocycles. The lowest BCUT2D eigenvalue weighted by molar-refractivity contribution is -0.120. The third-order valence-corrected chi connectivity index (χ3v) is 5.34. The van der Waals surface area contributed by atoms with Crippen LogP contribution in [0.4, 0.5) is 5.13 Å². The van der Waals surface area contributed by atoms with Crippen LogP contribution < -0.4 is 14.4 Å². The van der Waals surface area contributed by atoms with Gasteiger partial charge in [0.05, 0.1) is 23.9 Å². The molecule has 7 heteroatoms. The third kappa shape index (κ3) is 4.52. The topological polar surface area (TPSA) is 64.6 Å². The van der Waals surface area contributed by atoms with Crippen molar-refractivity contribution in [1.82, 2.24) is 9.97 Å². The number of para-hydroxylation sites is 1. The average molecular weight is 405 g/mol. The maximum absolute atomic E-state index is 13.1. The van der Waals surface area contributed by atoms with Crippen LogP contribution in [0, 0.1) is 0 Å². The fourth-order valence-electron chi connectivity index (χ4n) is 2.83. The number of carbonyl (C=O) groups is 1. The average Bonchev–Trinajstić information content (AvgIpc) is 3.20. The quantitative estimate of drug-likeness (QED) is 0.458. The first kappa shape index (κ1) is 18.9. The van der Waals surface area contributed by atoms with Crippen molar-refractivity contribution < 1.29 is 14.3 Å². The molecule has 0 spiro atoms. The summed E-state index contributed by atoms with van der Waals surface area (Å²) in [5.74, 6) is 1.06. The lowest BCUT2D eigenvalue weighted by atomic mass is 10.2. The molecule has 0 fully saturated rings. The van der Waals surface area contributed by atoms with Gasteiger partial charge in [0.1, 0.15) is 11.5 Å². The van der Waals surface area contributed by atoms with E-state index in [4.69, 9.17) is 9.47 Å². The number of pyridine rings is 1. The van der Waals surface area contributed by atoms with Crippen LogP contribution >= 0.6 is 11.3 Å². The van der Waals surface area contributed by atoms with E-state index >= 15 is 0 Å². The number of fused-ring (bicyclic) bond motifs is 1. The third-order valence-electron chi connectivity index (χ3n) is 4.28. The highest BCUT2D eigenvalue weighted by molar-refractivity contribution is 7.22. The molecule has 29 heavy (non-hydrogen) atoms. The Morgan fingerprint density at radius 2 is 1.93 bits per heavy atom. The lowest BCUT2D eigenvalue weighted by Crippen LogP contribution is -2.34. The predicted octanol–water partition coefficient (Wildman–Crippen LogP) is 4.31. The van der Waals surface area contributed by atoms with Crippen molar-refractivity contribution in [2.24, 2.45) is 0 Å². The second-order valence-electron chi connectivity index (χ2n) is 6.27. The minimum Gasteiger partial charge on any atom is -0.497 e. The maximum atomic E-state index is 13.1. The van der Waals surface area contributed by atoms with Crippen molar-refractivity contribution in [3.63, 3.8) is 0 Å². The number of hydrogen-bond acceptors (Lipinski definition) is 6. The molecule has 0 bridgehead atoms. The number of nitrogens with zero attached hydrogens (tertiary/aromatic N) is 3. The van der Waals surface area contributed by atoms with Crippen molar-refractivity contribution in [3.05, 3.63) is 78.6 Å². The van der Waals surface area contributed by atoms with Crippen molar-refractivity contribution in [2.45, 2.75) is 6.54 Å². The molecule has 0 aliphatic carbocycles. The number of carbonyl (C=O) groups excluding carboxylic acids is 1. The molecule has 0 saturated carbocycles. The number of ether oxygens (including phenoxy) is 2. The maximum Gasteiger partial charge on any atom is 0.267 e. The number of thiazole rings is 1. The van der Waals surface area contributed by atoms with Gasteiger partial charge in [0.2, 0.25) is 0 Å². The number of rotatable bonds is 7. The summed E-state index contributed by atoms with van der Waals surface area (Å²) < 4.78 is 11.9. The molecule has 0 aliphatic heterocycles. The second kappa shape index (κ2) is 8.70. The Balaban J connectivity index is 1.57. The van der Waals surface area contributed by atoms with E-state index in [1.807, 2.05) is 48.5 Å². The molecule has 0 N–H and O–H groups in total. The normalized spacial score (nSPS) is 10.7. The van der Waals surface area contributed by atoms with E-state index in [1.54, 1.807) is 36.5 Å². The summed E-state index contributed by atoms with van der Waals surface area (Å²) in [5, 5.41) is 0.634. The largest absolute Gasteiger partial charge is 0.497 e. The van der Waals surface area contributed by atoms with E-state index < -0.39 is 0 Å². The van der Waals surface area contributed by atoms with Gasteiger partial charge in [-0.05, 0) is 35.9 Å². The number of benzene rings is 2. The van der Waals surface area contributed by atoms with E-state index in [2.05, 4.69) is 9.97 Å². The fraction of sp³-hybridized carbons (Fsp3) is 0.136. The molecule has 1 amide bonds. The summed E-state index contributed by atoms with van der Waals surface area (Å²) in [6, 6.07) is 18.8. The van der Waals surface area contributed by atoms with Crippen LogP contribution in [0.25, 0.3) is 10.2 Å². The summed E-state index contributed by atoms with van der Waals surface area (Å²) >= 11 is 1.48. The molecule has 4 rings (SSSR count). The summed E-state index contributed by atoms with van der Waals surface area (Å²) in [4.78, 5) is 23.5. The van der Waals surface area contributed by atoms with Gasteiger partial charge in [-0.3, -0.25) is 14.7 Å². The SMILES string of the molecule is COc1cccc(OCC(=O)N(Cc2cccnc2)c2nc3ccccc3s2)c1. The molecule has 2 aromatic heterocycles. The van der Waals surface area contributed by atoms with Crippen molar-refractivity contribution >= 4 is 32.6 Å². The highest BCUT2D eigenvalue weighted by Gasteiger charge is 2.21. The number of aromatic nitrogens is 2. The molecule has 0 atom stereocenters. The summed E-state index contributed by atoms with van der Waals surface area (Å²) in [6.07, 6.45) is 3.45. The first-order valence-electron chi connectivity index (χ1n) is 9.04. The summed E-state index contributed by atoms with van der Waals surface area (Å²) in [7, 11) is 1.59. The number of hydrogen-bond donors (Lipinski definition) is 0. The Morgan fingerprint density at radius 3 is 2.72 bits per heavy atom. The van der Waals surface area contributed by atoms with Crippen LogP contribution in [0.15, 0.2) is 73.1 Å². The van der Waals surface area contributed by atoms with E-state index in [9.17, 15) is 4.79 Å². The zero-order valence-corrected chi connectivity index (χ0v) is 16.6. The highest BCUT2D eigenvalue weighted by Crippen LogP contribution is 2.30. The molecule has 6 nitrogen and oxygen atoms in total. The zero-order chi connectivity index (χ0) is 20.1. The van der Waals surface area contributed by atoms with Gasteiger partial charge in [0, 0.05) is 18.5 Å². The van der Waals surface area contributed by atoms with Gasteiger partial charge in [-0.15, -0.1) is 0 Å². The Morgan fingerprint density at radius 1 is 1.07 bits per heavy atom. The van der Waals surface area contributed by atoms with Crippen LogP contribution in [0.2, 0.25) is 0 Å². The van der Waals surface area contributed by atoms with E-state index in [0.29, 0.717) is 23.2 Å². The Labute approximate surface area is 172 Å². The number of anilines is 1. The molecular formula is C22H19N3O3S. The van der Waals surface area contributed by atoms with E-state index in [1.165, 1.54) is 11.3 Å². The summed E-state index contributed by atoms with van der Waals surface area (Å²) in [6.45, 7) is 0.261. The van der Waals surface area contributed by atoms with Crippen LogP contribution in [-0.2, 0) is 11.3 Å². The predicted molar refractivity (Wildman–Crippen MR) is 114 cm³/mol. The number of amides is 1. The van der Waals surface area contributed by atoms with Gasteiger partial charge in [-0.2, -0.15) is 0 Å². The minimum absolute atomic E-state index is 0.108. The molecular weight excluding hydrogens is 386 g/mol. The van der Waals surface area contributed by atoms with Gasteiger partial charge < -0.3 is 9.47 Å². The van der Waals surface area contributed by atoms with Gasteiger partial charge in [-0.25, -0.2) is 4.98 Å². The Kier molecular flexibility index (Phi) is 5.67. The van der Waals surface area contributed by atoms with Gasteiger partial charge in [0.15, 0.2) is 11.7 Å². The standard InChI is InChI=1S/C22H19N3O3S/c1-27-17-7-4-8-18(12-17)28-15-21(26)25(14-16-6-5-11-23-13-16)22-24-19-9-2-3-10-20(19)29-22/h2-13H,14-15H2,1H3. The van der Waals surface area contributed by atoms with Crippen LogP contribution in [0.3, 0.4) is 0 Å². The molecule has 0 radical (unpaired) electrons. The van der Waals surface area contributed by atoms with Crippen molar-refractivity contribution in [1.29, 1.82) is 0 Å². The monoisotopic (exact) mass is 405 g/mol. The Hall–Kier alpha value is -3.45. The highest BCUT2D eigenvalue weighted by atomic mass is 32.1. The minimum atomic E-state index is -0.185. The number of methoxy groups -OCH3 is 1.